The van der Waals surface area contributed by atoms with Crippen LogP contribution < -0.4 is 5.32 Å². The zero-order valence-electron chi connectivity index (χ0n) is 12.8. The Morgan fingerprint density at radius 2 is 1.70 bits per heavy atom. The minimum atomic E-state index is 0.443. The minimum absolute atomic E-state index is 0.443. The van der Waals surface area contributed by atoms with Crippen molar-refractivity contribution < 1.29 is 5.11 Å². The van der Waals surface area contributed by atoms with Gasteiger partial charge in [-0.1, -0.05) is 18.9 Å². The van der Waals surface area contributed by atoms with E-state index in [9.17, 15) is 5.11 Å². The van der Waals surface area contributed by atoms with Crippen molar-refractivity contribution in [3.8, 4) is 5.75 Å². The summed E-state index contributed by atoms with van der Waals surface area (Å²) in [4.78, 5) is 0. The van der Waals surface area contributed by atoms with Crippen LogP contribution in [0, 0.1) is 19.3 Å². The van der Waals surface area contributed by atoms with Crippen molar-refractivity contribution in [2.24, 2.45) is 5.41 Å². The van der Waals surface area contributed by atoms with Gasteiger partial charge in [0.2, 0.25) is 0 Å². The molecule has 2 aliphatic rings. The monoisotopic (exact) mass is 273 g/mol. The number of phenols is 1. The summed E-state index contributed by atoms with van der Waals surface area (Å²) < 4.78 is 0. The van der Waals surface area contributed by atoms with Gasteiger partial charge in [0, 0.05) is 17.3 Å². The zero-order chi connectivity index (χ0) is 14.2. The van der Waals surface area contributed by atoms with Crippen molar-refractivity contribution in [3.63, 3.8) is 0 Å². The third-order valence-corrected chi connectivity index (χ3v) is 5.70. The molecule has 0 amide bonds. The first-order valence-electron chi connectivity index (χ1n) is 8.15. The van der Waals surface area contributed by atoms with Gasteiger partial charge in [0.1, 0.15) is 5.75 Å². The number of rotatable bonds is 2. The zero-order valence-corrected chi connectivity index (χ0v) is 12.8. The lowest BCUT2D eigenvalue weighted by atomic mass is 9.71. The fraction of sp³-hybridized carbons (Fsp3) is 0.667. The van der Waals surface area contributed by atoms with Crippen molar-refractivity contribution >= 4 is 5.69 Å². The molecule has 0 aromatic heterocycles. The maximum atomic E-state index is 10.0. The molecule has 2 saturated carbocycles. The number of hydrogen-bond donors (Lipinski definition) is 2. The molecule has 2 heteroatoms. The Kier molecular flexibility index (Phi) is 3.66. The van der Waals surface area contributed by atoms with Crippen LogP contribution in [-0.4, -0.2) is 11.1 Å². The molecular formula is C18H27NO. The van der Waals surface area contributed by atoms with Crippen LogP contribution in [0.3, 0.4) is 0 Å². The SMILES string of the molecule is Cc1ccc(NC2CCC3(CCCC3)CC2)c(C)c1O. The van der Waals surface area contributed by atoms with Gasteiger partial charge in [-0.25, -0.2) is 0 Å². The molecule has 0 bridgehead atoms. The number of anilines is 1. The molecule has 1 aromatic rings. The first-order valence-corrected chi connectivity index (χ1v) is 8.15. The standard InChI is InChI=1S/C18H27NO/c1-13-5-6-16(14(2)17(13)20)19-15-7-11-18(12-8-15)9-3-4-10-18/h5-6,15,19-20H,3-4,7-12H2,1-2H3. The summed E-state index contributed by atoms with van der Waals surface area (Å²) >= 11 is 0. The van der Waals surface area contributed by atoms with E-state index < -0.39 is 0 Å². The van der Waals surface area contributed by atoms with Crippen LogP contribution in [0.25, 0.3) is 0 Å². The molecule has 20 heavy (non-hydrogen) atoms. The summed E-state index contributed by atoms with van der Waals surface area (Å²) in [5.41, 5.74) is 3.76. The van der Waals surface area contributed by atoms with Gasteiger partial charge >= 0.3 is 0 Å². The van der Waals surface area contributed by atoms with E-state index in [4.69, 9.17) is 0 Å². The normalized spacial score (nSPS) is 22.3. The number of benzene rings is 1. The van der Waals surface area contributed by atoms with E-state index in [0.29, 0.717) is 17.2 Å². The largest absolute Gasteiger partial charge is 0.507 e. The van der Waals surface area contributed by atoms with Crippen LogP contribution >= 0.6 is 0 Å². The quantitative estimate of drug-likeness (QED) is 0.801. The second-order valence-corrected chi connectivity index (χ2v) is 7.03. The number of aryl methyl sites for hydroxylation is 1. The molecule has 2 fully saturated rings. The van der Waals surface area contributed by atoms with Gasteiger partial charge in [-0.2, -0.15) is 0 Å². The Bertz CT molecular complexity index is 478. The van der Waals surface area contributed by atoms with E-state index in [1.165, 1.54) is 51.4 Å². The maximum absolute atomic E-state index is 10.0. The summed E-state index contributed by atoms with van der Waals surface area (Å²) in [6.07, 6.45) is 11.2. The molecule has 2 aliphatic carbocycles. The lowest BCUT2D eigenvalue weighted by Crippen LogP contribution is -2.31. The maximum Gasteiger partial charge on any atom is 0.123 e. The predicted octanol–water partition coefficient (Wildman–Crippen LogP) is 4.92. The van der Waals surface area contributed by atoms with Gasteiger partial charge in [-0.3, -0.25) is 0 Å². The third-order valence-electron chi connectivity index (χ3n) is 5.70. The fourth-order valence-electron chi connectivity index (χ4n) is 4.21. The van der Waals surface area contributed by atoms with E-state index in [1.807, 2.05) is 19.9 Å². The highest BCUT2D eigenvalue weighted by atomic mass is 16.3. The number of aromatic hydroxyl groups is 1. The highest BCUT2D eigenvalue weighted by Gasteiger charge is 2.37. The average Bonchev–Trinajstić information content (AvgIpc) is 2.91. The van der Waals surface area contributed by atoms with Gasteiger partial charge in [-0.15, -0.1) is 0 Å². The molecule has 110 valence electrons. The molecule has 0 aliphatic heterocycles. The number of nitrogens with one attached hydrogen (secondary N) is 1. The Morgan fingerprint density at radius 3 is 2.35 bits per heavy atom. The van der Waals surface area contributed by atoms with Crippen molar-refractivity contribution in [3.05, 3.63) is 23.3 Å². The lowest BCUT2D eigenvalue weighted by Gasteiger charge is -2.38. The summed E-state index contributed by atoms with van der Waals surface area (Å²) in [7, 11) is 0. The molecule has 0 unspecified atom stereocenters. The predicted molar refractivity (Wildman–Crippen MR) is 84.4 cm³/mol. The van der Waals surface area contributed by atoms with Crippen LogP contribution in [0.5, 0.6) is 5.75 Å². The first kappa shape index (κ1) is 13.8. The fourth-order valence-corrected chi connectivity index (χ4v) is 4.21. The Morgan fingerprint density at radius 1 is 1.05 bits per heavy atom. The molecule has 0 saturated heterocycles. The molecule has 1 aromatic carbocycles. The summed E-state index contributed by atoms with van der Waals surface area (Å²) in [5.74, 6) is 0.443. The van der Waals surface area contributed by atoms with Crippen LogP contribution in [0.1, 0.15) is 62.5 Å². The highest BCUT2D eigenvalue weighted by Crippen LogP contribution is 2.49. The number of hydrogen-bond acceptors (Lipinski definition) is 2. The average molecular weight is 273 g/mol. The molecule has 0 atom stereocenters. The van der Waals surface area contributed by atoms with E-state index in [-0.39, 0.29) is 0 Å². The van der Waals surface area contributed by atoms with Gasteiger partial charge in [0.25, 0.3) is 0 Å². The smallest absolute Gasteiger partial charge is 0.123 e. The molecule has 0 heterocycles. The summed E-state index contributed by atoms with van der Waals surface area (Å²) in [6, 6.07) is 4.71. The third kappa shape index (κ3) is 2.53. The van der Waals surface area contributed by atoms with Crippen molar-refractivity contribution in [1.82, 2.24) is 0 Å². The van der Waals surface area contributed by atoms with Gasteiger partial charge < -0.3 is 10.4 Å². The second kappa shape index (κ2) is 5.31. The van der Waals surface area contributed by atoms with E-state index in [2.05, 4.69) is 11.4 Å². The van der Waals surface area contributed by atoms with Gasteiger partial charge in [-0.05, 0) is 69.4 Å². The molecule has 2 nitrogen and oxygen atoms in total. The van der Waals surface area contributed by atoms with Crippen molar-refractivity contribution in [1.29, 1.82) is 0 Å². The van der Waals surface area contributed by atoms with Gasteiger partial charge in [0.15, 0.2) is 0 Å². The van der Waals surface area contributed by atoms with Gasteiger partial charge in [0.05, 0.1) is 0 Å². The van der Waals surface area contributed by atoms with Crippen molar-refractivity contribution in [2.45, 2.75) is 71.3 Å². The lowest BCUT2D eigenvalue weighted by molar-refractivity contribution is 0.188. The Labute approximate surface area is 122 Å². The highest BCUT2D eigenvalue weighted by molar-refractivity contribution is 5.59. The van der Waals surface area contributed by atoms with Crippen LogP contribution in [-0.2, 0) is 0 Å². The van der Waals surface area contributed by atoms with Crippen LogP contribution in [0.4, 0.5) is 5.69 Å². The Hall–Kier alpha value is -1.18. The Balaban J connectivity index is 1.64. The topological polar surface area (TPSA) is 32.3 Å². The summed E-state index contributed by atoms with van der Waals surface area (Å²) in [5, 5.41) is 13.7. The molecule has 0 radical (unpaired) electrons. The van der Waals surface area contributed by atoms with E-state index in [0.717, 1.165) is 16.8 Å². The minimum Gasteiger partial charge on any atom is -0.507 e. The van der Waals surface area contributed by atoms with E-state index >= 15 is 0 Å². The molecule has 3 rings (SSSR count). The van der Waals surface area contributed by atoms with Crippen molar-refractivity contribution in [2.75, 3.05) is 5.32 Å². The van der Waals surface area contributed by atoms with Crippen LogP contribution in [0.15, 0.2) is 12.1 Å². The summed E-state index contributed by atoms with van der Waals surface area (Å²) in [6.45, 7) is 3.96. The van der Waals surface area contributed by atoms with Crippen LogP contribution in [0.2, 0.25) is 0 Å². The first-order chi connectivity index (χ1) is 9.60. The van der Waals surface area contributed by atoms with E-state index in [1.54, 1.807) is 0 Å². The molecular weight excluding hydrogens is 246 g/mol. The molecule has 2 N–H and O–H groups in total. The number of phenolic OH excluding ortho intramolecular Hbond substituents is 1. The molecule has 1 spiro atoms. The second-order valence-electron chi connectivity index (χ2n) is 7.03.